The van der Waals surface area contributed by atoms with Gasteiger partial charge in [-0.25, -0.2) is 8.78 Å². The molecule has 0 aliphatic carbocycles. The van der Waals surface area contributed by atoms with Gasteiger partial charge in [-0.15, -0.1) is 0 Å². The average Bonchev–Trinajstić information content (AvgIpc) is 2.61. The van der Waals surface area contributed by atoms with E-state index >= 15 is 0 Å². The lowest BCUT2D eigenvalue weighted by molar-refractivity contribution is -0.244. The van der Waals surface area contributed by atoms with E-state index in [4.69, 9.17) is 9.47 Å². The van der Waals surface area contributed by atoms with Crippen molar-refractivity contribution in [2.45, 2.75) is 38.5 Å². The number of halogens is 2. The van der Waals surface area contributed by atoms with E-state index in [1.165, 1.54) is 0 Å². The minimum absolute atomic E-state index is 0.00783. The molecule has 0 spiro atoms. The number of rotatable bonds is 4. The molecule has 6 heteroatoms. The van der Waals surface area contributed by atoms with Gasteiger partial charge in [0.05, 0.1) is 13.0 Å². The van der Waals surface area contributed by atoms with Gasteiger partial charge in [0.1, 0.15) is 0 Å². The number of esters is 1. The van der Waals surface area contributed by atoms with Gasteiger partial charge >= 0.3 is 11.9 Å². The number of carbonyl (C=O) groups excluding carboxylic acids is 1. The minimum atomic E-state index is -3.17. The molecular weight excluding hydrogens is 258 g/mol. The van der Waals surface area contributed by atoms with Crippen molar-refractivity contribution < 1.29 is 27.8 Å². The van der Waals surface area contributed by atoms with Crippen LogP contribution in [0.1, 0.15) is 18.9 Å². The van der Waals surface area contributed by atoms with Crippen molar-refractivity contribution in [2.24, 2.45) is 0 Å². The highest BCUT2D eigenvalue weighted by molar-refractivity contribution is 5.66. The van der Waals surface area contributed by atoms with Gasteiger partial charge in [0, 0.05) is 6.92 Å². The van der Waals surface area contributed by atoms with Crippen LogP contribution in [0.4, 0.5) is 8.78 Å². The zero-order valence-corrected chi connectivity index (χ0v) is 10.3. The van der Waals surface area contributed by atoms with Crippen molar-refractivity contribution in [3.8, 4) is 0 Å². The molecule has 0 bridgehead atoms. The molecule has 19 heavy (non-hydrogen) atoms. The lowest BCUT2D eigenvalue weighted by Crippen LogP contribution is -2.30. The molecule has 2 atom stereocenters. The summed E-state index contributed by atoms with van der Waals surface area (Å²) in [5.74, 6) is -3.83. The first-order valence-corrected chi connectivity index (χ1v) is 5.83. The third kappa shape index (κ3) is 3.71. The van der Waals surface area contributed by atoms with Crippen LogP contribution in [0.15, 0.2) is 30.3 Å². The molecule has 0 saturated carbocycles. The van der Waals surface area contributed by atoms with Crippen molar-refractivity contribution in [3.63, 3.8) is 0 Å². The summed E-state index contributed by atoms with van der Waals surface area (Å²) in [5.41, 5.74) is 0.762. The lowest BCUT2D eigenvalue weighted by Gasteiger charge is -2.17. The van der Waals surface area contributed by atoms with Crippen LogP contribution >= 0.6 is 0 Å². The zero-order valence-electron chi connectivity index (χ0n) is 10.3. The maximum absolute atomic E-state index is 13.6. The second-order valence-electron chi connectivity index (χ2n) is 4.27. The van der Waals surface area contributed by atoms with Gasteiger partial charge < -0.3 is 14.2 Å². The summed E-state index contributed by atoms with van der Waals surface area (Å²) in [5, 5.41) is 0. The Bertz CT molecular complexity index is 436. The number of carbonyl (C=O) groups is 1. The third-order valence-corrected chi connectivity index (χ3v) is 2.60. The van der Waals surface area contributed by atoms with Crippen molar-refractivity contribution in [1.82, 2.24) is 0 Å². The first kappa shape index (κ1) is 13.9. The van der Waals surface area contributed by atoms with E-state index in [0.29, 0.717) is 0 Å². The van der Waals surface area contributed by atoms with Crippen LogP contribution < -0.4 is 0 Å². The summed E-state index contributed by atoms with van der Waals surface area (Å²) in [6, 6.07) is 8.91. The fourth-order valence-corrected chi connectivity index (χ4v) is 1.77. The number of hydrogen-bond donors (Lipinski definition) is 0. The van der Waals surface area contributed by atoms with E-state index in [2.05, 4.69) is 4.74 Å². The zero-order chi connectivity index (χ0) is 13.9. The maximum Gasteiger partial charge on any atom is 0.304 e. The molecule has 1 aromatic carbocycles. The Morgan fingerprint density at radius 1 is 1.42 bits per heavy atom. The molecule has 1 aliphatic heterocycles. The van der Waals surface area contributed by atoms with E-state index in [-0.39, 0.29) is 6.61 Å². The summed E-state index contributed by atoms with van der Waals surface area (Å²) >= 11 is 0. The van der Waals surface area contributed by atoms with Crippen LogP contribution in [0.25, 0.3) is 0 Å². The summed E-state index contributed by atoms with van der Waals surface area (Å²) in [6.07, 6.45) is -3.64. The molecule has 1 aliphatic rings. The Morgan fingerprint density at radius 3 is 2.74 bits per heavy atom. The van der Waals surface area contributed by atoms with E-state index in [9.17, 15) is 13.6 Å². The van der Waals surface area contributed by atoms with Gasteiger partial charge in [0.25, 0.3) is 0 Å². The summed E-state index contributed by atoms with van der Waals surface area (Å²) < 4.78 is 41.7. The second kappa shape index (κ2) is 5.63. The van der Waals surface area contributed by atoms with Crippen LogP contribution in [0, 0.1) is 0 Å². The Labute approximate surface area is 109 Å². The number of hydrogen-bond acceptors (Lipinski definition) is 4. The molecule has 0 N–H and O–H groups in total. The number of ether oxygens (including phenoxy) is 3. The molecule has 104 valence electrons. The van der Waals surface area contributed by atoms with Gasteiger partial charge in [-0.3, -0.25) is 4.79 Å². The Balaban J connectivity index is 1.91. The summed E-state index contributed by atoms with van der Waals surface area (Å²) in [4.78, 5) is 10.7. The molecule has 2 rings (SSSR count). The van der Waals surface area contributed by atoms with Crippen molar-refractivity contribution in [3.05, 3.63) is 35.9 Å². The highest BCUT2D eigenvalue weighted by Gasteiger charge is 2.52. The monoisotopic (exact) mass is 272 g/mol. The van der Waals surface area contributed by atoms with Crippen LogP contribution in [-0.4, -0.2) is 24.5 Å². The third-order valence-electron chi connectivity index (χ3n) is 2.60. The van der Waals surface area contributed by atoms with E-state index in [0.717, 1.165) is 12.5 Å². The molecule has 0 amide bonds. The van der Waals surface area contributed by atoms with E-state index < -0.39 is 30.9 Å². The SMILES string of the molecule is CC(=O)OC1CC(F)(F)[C@@H](OCc2ccccc2)O1. The van der Waals surface area contributed by atoms with Crippen LogP contribution in [-0.2, 0) is 25.6 Å². The van der Waals surface area contributed by atoms with Gasteiger partial charge in [-0.05, 0) is 5.56 Å². The van der Waals surface area contributed by atoms with Crippen molar-refractivity contribution in [2.75, 3.05) is 0 Å². The molecule has 4 nitrogen and oxygen atoms in total. The Hall–Kier alpha value is -1.53. The van der Waals surface area contributed by atoms with E-state index in [1.807, 2.05) is 6.07 Å². The maximum atomic E-state index is 13.6. The first-order valence-electron chi connectivity index (χ1n) is 5.83. The fraction of sp³-hybridized carbons (Fsp3) is 0.462. The van der Waals surface area contributed by atoms with Gasteiger partial charge in [-0.2, -0.15) is 0 Å². The first-order chi connectivity index (χ1) is 8.97. The van der Waals surface area contributed by atoms with Crippen molar-refractivity contribution >= 4 is 5.97 Å². The van der Waals surface area contributed by atoms with Crippen LogP contribution in [0.5, 0.6) is 0 Å². The largest absolute Gasteiger partial charge is 0.436 e. The molecule has 0 aromatic heterocycles. The normalized spacial score (nSPS) is 25.2. The predicted molar refractivity (Wildman–Crippen MR) is 61.2 cm³/mol. The van der Waals surface area contributed by atoms with Gasteiger partial charge in [0.15, 0.2) is 0 Å². The Kier molecular flexibility index (Phi) is 4.11. The average molecular weight is 272 g/mol. The highest BCUT2D eigenvalue weighted by atomic mass is 19.3. The molecule has 0 radical (unpaired) electrons. The number of benzene rings is 1. The summed E-state index contributed by atoms with van der Waals surface area (Å²) in [7, 11) is 0. The highest BCUT2D eigenvalue weighted by Crippen LogP contribution is 2.37. The van der Waals surface area contributed by atoms with E-state index in [1.54, 1.807) is 24.3 Å². The fourth-order valence-electron chi connectivity index (χ4n) is 1.77. The molecule has 1 aromatic rings. The molecule has 1 unspecified atom stereocenters. The smallest absolute Gasteiger partial charge is 0.304 e. The standard InChI is InChI=1S/C13H14F2O4/c1-9(16)18-11-7-13(14,15)12(19-11)17-8-10-5-3-2-4-6-10/h2-6,11-12H,7-8H2,1H3/t11?,12-/m0/s1. The van der Waals surface area contributed by atoms with Gasteiger partial charge in [0.2, 0.25) is 12.6 Å². The number of alkyl halides is 2. The van der Waals surface area contributed by atoms with Gasteiger partial charge in [-0.1, -0.05) is 30.3 Å². The molecule has 1 fully saturated rings. The summed E-state index contributed by atoms with van der Waals surface area (Å²) in [6.45, 7) is 1.15. The topological polar surface area (TPSA) is 44.8 Å². The minimum Gasteiger partial charge on any atom is -0.436 e. The molecular formula is C13H14F2O4. The van der Waals surface area contributed by atoms with Crippen LogP contribution in [0.3, 0.4) is 0 Å². The quantitative estimate of drug-likeness (QED) is 0.790. The van der Waals surface area contributed by atoms with Crippen LogP contribution in [0.2, 0.25) is 0 Å². The molecule has 1 saturated heterocycles. The predicted octanol–water partition coefficient (Wildman–Crippen LogP) is 2.47. The lowest BCUT2D eigenvalue weighted by atomic mass is 10.2. The molecule has 1 heterocycles. The second-order valence-corrected chi connectivity index (χ2v) is 4.27. The van der Waals surface area contributed by atoms with Crippen molar-refractivity contribution in [1.29, 1.82) is 0 Å². The Morgan fingerprint density at radius 2 is 2.11 bits per heavy atom.